The minimum atomic E-state index is 0.381. The fourth-order valence-corrected chi connectivity index (χ4v) is 4.00. The first-order valence-electron chi connectivity index (χ1n) is 8.01. The number of anilines is 1. The van der Waals surface area contributed by atoms with E-state index in [1.54, 1.807) is 7.11 Å². The third kappa shape index (κ3) is 4.60. The summed E-state index contributed by atoms with van der Waals surface area (Å²) in [6.45, 7) is 9.08. The summed E-state index contributed by atoms with van der Waals surface area (Å²) < 4.78 is 5.39. The van der Waals surface area contributed by atoms with Crippen LogP contribution in [0, 0.1) is 18.3 Å². The summed E-state index contributed by atoms with van der Waals surface area (Å²) in [6.07, 6.45) is 3.62. The van der Waals surface area contributed by atoms with E-state index >= 15 is 0 Å². The number of hydrogen-bond donors (Lipinski definition) is 2. The molecule has 2 rings (SSSR count). The van der Waals surface area contributed by atoms with Gasteiger partial charge in [0.15, 0.2) is 5.11 Å². The van der Waals surface area contributed by atoms with Gasteiger partial charge in [0.25, 0.3) is 0 Å². The van der Waals surface area contributed by atoms with E-state index in [1.165, 1.54) is 18.4 Å². The lowest BCUT2D eigenvalue weighted by atomic mass is 9.71. The van der Waals surface area contributed by atoms with Gasteiger partial charge in [-0.05, 0) is 67.4 Å². The third-order valence-corrected chi connectivity index (χ3v) is 4.55. The Morgan fingerprint density at radius 1 is 1.32 bits per heavy atom. The zero-order chi connectivity index (χ0) is 16.3. The number of benzene rings is 1. The predicted octanol–water partition coefficient (Wildman–Crippen LogP) is 4.50. The van der Waals surface area contributed by atoms with Crippen molar-refractivity contribution in [1.29, 1.82) is 0 Å². The molecule has 1 saturated carbocycles. The second-order valence-corrected chi connectivity index (χ2v) is 7.82. The van der Waals surface area contributed by atoms with Crippen LogP contribution in [0.15, 0.2) is 18.2 Å². The molecule has 1 aromatic rings. The molecule has 2 N–H and O–H groups in total. The van der Waals surface area contributed by atoms with E-state index < -0.39 is 0 Å². The molecule has 22 heavy (non-hydrogen) atoms. The number of thiocarbonyl (C=S) groups is 1. The Balaban J connectivity index is 2.00. The second kappa shape index (κ2) is 6.86. The van der Waals surface area contributed by atoms with Gasteiger partial charge in [0.2, 0.25) is 0 Å². The summed E-state index contributed by atoms with van der Waals surface area (Å²) >= 11 is 5.50. The molecule has 1 fully saturated rings. The highest BCUT2D eigenvalue weighted by molar-refractivity contribution is 7.80. The molecule has 0 amide bonds. The average Bonchev–Trinajstić information content (AvgIpc) is 2.36. The van der Waals surface area contributed by atoms with Gasteiger partial charge in [0.1, 0.15) is 5.75 Å². The fraction of sp³-hybridized carbons (Fsp3) is 0.611. The highest BCUT2D eigenvalue weighted by Gasteiger charge is 2.32. The van der Waals surface area contributed by atoms with Gasteiger partial charge in [-0.25, -0.2) is 0 Å². The van der Waals surface area contributed by atoms with Crippen molar-refractivity contribution in [2.24, 2.45) is 11.3 Å². The molecule has 122 valence electrons. The van der Waals surface area contributed by atoms with Crippen LogP contribution in [0.3, 0.4) is 0 Å². The van der Waals surface area contributed by atoms with E-state index in [0.29, 0.717) is 16.6 Å². The first-order valence-corrected chi connectivity index (χ1v) is 8.42. The standard InChI is InChI=1S/C18H28N2OS/c1-12-6-7-16(21-5)15(9-12)20-17(22)19-14-8-13(2)10-18(3,4)11-14/h6-7,9,13-14H,8,10-11H2,1-5H3,(H2,19,20,22). The molecule has 0 aromatic heterocycles. The average molecular weight is 321 g/mol. The lowest BCUT2D eigenvalue weighted by Gasteiger charge is -2.39. The number of rotatable bonds is 3. The van der Waals surface area contributed by atoms with Crippen LogP contribution in [0.4, 0.5) is 5.69 Å². The van der Waals surface area contributed by atoms with Crippen molar-refractivity contribution in [1.82, 2.24) is 5.32 Å². The monoisotopic (exact) mass is 320 g/mol. The normalized spacial score (nSPS) is 23.7. The third-order valence-electron chi connectivity index (χ3n) is 4.33. The van der Waals surface area contributed by atoms with Crippen molar-refractivity contribution in [3.8, 4) is 5.75 Å². The zero-order valence-corrected chi connectivity index (χ0v) is 15.1. The van der Waals surface area contributed by atoms with E-state index in [-0.39, 0.29) is 0 Å². The molecule has 0 spiro atoms. The summed E-state index contributed by atoms with van der Waals surface area (Å²) in [4.78, 5) is 0. The van der Waals surface area contributed by atoms with Crippen molar-refractivity contribution in [3.05, 3.63) is 23.8 Å². The van der Waals surface area contributed by atoms with Crippen molar-refractivity contribution >= 4 is 23.0 Å². The Labute approximate surface area is 139 Å². The van der Waals surface area contributed by atoms with Crippen LogP contribution in [0.25, 0.3) is 0 Å². The van der Waals surface area contributed by atoms with Gasteiger partial charge < -0.3 is 15.4 Å². The molecule has 0 heterocycles. The van der Waals surface area contributed by atoms with Crippen LogP contribution in [0.2, 0.25) is 0 Å². The van der Waals surface area contributed by atoms with Crippen molar-refractivity contribution in [2.75, 3.05) is 12.4 Å². The van der Waals surface area contributed by atoms with Gasteiger partial charge in [0, 0.05) is 6.04 Å². The van der Waals surface area contributed by atoms with Gasteiger partial charge in [0.05, 0.1) is 12.8 Å². The van der Waals surface area contributed by atoms with Gasteiger partial charge in [-0.2, -0.15) is 0 Å². The number of aryl methyl sites for hydroxylation is 1. The minimum Gasteiger partial charge on any atom is -0.495 e. The van der Waals surface area contributed by atoms with E-state index in [0.717, 1.165) is 23.8 Å². The molecule has 2 atom stereocenters. The number of ether oxygens (including phenoxy) is 1. The number of nitrogens with one attached hydrogen (secondary N) is 2. The summed E-state index contributed by atoms with van der Waals surface area (Å²) in [6, 6.07) is 6.49. The van der Waals surface area contributed by atoms with E-state index in [1.807, 2.05) is 12.1 Å². The Morgan fingerprint density at radius 2 is 2.05 bits per heavy atom. The molecular formula is C18H28N2OS. The maximum absolute atomic E-state index is 5.50. The highest BCUT2D eigenvalue weighted by atomic mass is 32.1. The summed E-state index contributed by atoms with van der Waals surface area (Å²) in [7, 11) is 1.68. The quantitative estimate of drug-likeness (QED) is 0.803. The molecule has 1 aromatic carbocycles. The van der Waals surface area contributed by atoms with Gasteiger partial charge in [-0.1, -0.05) is 26.8 Å². The minimum absolute atomic E-state index is 0.381. The van der Waals surface area contributed by atoms with Gasteiger partial charge >= 0.3 is 0 Å². The fourth-order valence-electron chi connectivity index (χ4n) is 3.72. The lowest BCUT2D eigenvalue weighted by Crippen LogP contribution is -2.44. The molecule has 3 nitrogen and oxygen atoms in total. The zero-order valence-electron chi connectivity index (χ0n) is 14.3. The molecule has 4 heteroatoms. The van der Waals surface area contributed by atoms with Gasteiger partial charge in [-0.15, -0.1) is 0 Å². The highest BCUT2D eigenvalue weighted by Crippen LogP contribution is 2.38. The number of hydrogen-bond acceptors (Lipinski definition) is 2. The summed E-state index contributed by atoms with van der Waals surface area (Å²) in [5.41, 5.74) is 2.48. The van der Waals surface area contributed by atoms with Crippen LogP contribution < -0.4 is 15.4 Å². The van der Waals surface area contributed by atoms with Crippen LogP contribution in [-0.4, -0.2) is 18.3 Å². The molecule has 1 aliphatic rings. The molecule has 0 radical (unpaired) electrons. The van der Waals surface area contributed by atoms with Crippen LogP contribution >= 0.6 is 12.2 Å². The van der Waals surface area contributed by atoms with E-state index in [4.69, 9.17) is 17.0 Å². The van der Waals surface area contributed by atoms with Crippen LogP contribution in [-0.2, 0) is 0 Å². The van der Waals surface area contributed by atoms with Crippen LogP contribution in [0.1, 0.15) is 45.6 Å². The first kappa shape index (κ1) is 17.1. The second-order valence-electron chi connectivity index (χ2n) is 7.41. The Bertz CT molecular complexity index is 542. The SMILES string of the molecule is COc1ccc(C)cc1NC(=S)NC1CC(C)CC(C)(C)C1. The van der Waals surface area contributed by atoms with E-state index in [9.17, 15) is 0 Å². The lowest BCUT2D eigenvalue weighted by molar-refractivity contribution is 0.162. The predicted molar refractivity (Wildman–Crippen MR) is 97.7 cm³/mol. The molecule has 0 saturated heterocycles. The van der Waals surface area contributed by atoms with E-state index in [2.05, 4.69) is 44.4 Å². The maximum atomic E-state index is 5.50. The van der Waals surface area contributed by atoms with Crippen molar-refractivity contribution in [3.63, 3.8) is 0 Å². The Hall–Kier alpha value is -1.29. The molecule has 0 bridgehead atoms. The number of methoxy groups -OCH3 is 1. The largest absolute Gasteiger partial charge is 0.495 e. The smallest absolute Gasteiger partial charge is 0.171 e. The Morgan fingerprint density at radius 3 is 2.68 bits per heavy atom. The van der Waals surface area contributed by atoms with Crippen LogP contribution in [0.5, 0.6) is 5.75 Å². The topological polar surface area (TPSA) is 33.3 Å². The molecule has 0 aliphatic heterocycles. The van der Waals surface area contributed by atoms with Crippen molar-refractivity contribution < 1.29 is 4.74 Å². The Kier molecular flexibility index (Phi) is 5.32. The van der Waals surface area contributed by atoms with Gasteiger partial charge in [-0.3, -0.25) is 0 Å². The molecular weight excluding hydrogens is 292 g/mol. The molecule has 2 unspecified atom stereocenters. The summed E-state index contributed by atoms with van der Waals surface area (Å²) in [5, 5.41) is 7.46. The van der Waals surface area contributed by atoms with Crippen molar-refractivity contribution in [2.45, 2.75) is 53.0 Å². The maximum Gasteiger partial charge on any atom is 0.171 e. The summed E-state index contributed by atoms with van der Waals surface area (Å²) in [5.74, 6) is 1.55. The molecule has 1 aliphatic carbocycles. The first-order chi connectivity index (χ1) is 10.3.